The van der Waals surface area contributed by atoms with Gasteiger partial charge in [-0.15, -0.1) is 36.4 Å². The van der Waals surface area contributed by atoms with Gasteiger partial charge >= 0.3 is 6.36 Å². The number of aromatic hydroxyl groups is 1. The van der Waals surface area contributed by atoms with Gasteiger partial charge in [-0.2, -0.15) is 0 Å². The molecule has 8 nitrogen and oxygen atoms in total. The standard InChI is InChI=1S/C33H17Cl3F8N2O6/c34-11-1-3-12(4-2-11)45-27(48)15-7-6-14-17(19(15)28(45)49)10-31(35)29(50)46(26-24(40)22(38)21(37)23(39)25(26)41)30(51)32(31,36)20(14)16-9-13(5-8-18(16)47)52-33(42,43)44/h1-6,8-9,15,17,19-20,47H,7,10H2. The molecule has 3 aromatic rings. The number of carbonyl (C=O) groups is 4. The molecular weight excluding hydrogens is 779 g/mol. The van der Waals surface area contributed by atoms with Crippen LogP contribution < -0.4 is 14.5 Å². The van der Waals surface area contributed by atoms with Gasteiger partial charge < -0.3 is 9.84 Å². The normalized spacial score (nSPS) is 28.6. The second-order valence-electron chi connectivity index (χ2n) is 12.4. The number of nitrogens with zero attached hydrogens (tertiary/aromatic N) is 2. The van der Waals surface area contributed by atoms with Gasteiger partial charge in [-0.05, 0) is 61.2 Å². The van der Waals surface area contributed by atoms with E-state index in [1.807, 2.05) is 0 Å². The van der Waals surface area contributed by atoms with Gasteiger partial charge in [0.15, 0.2) is 33.0 Å². The lowest BCUT2D eigenvalue weighted by molar-refractivity contribution is -0.274. The van der Waals surface area contributed by atoms with E-state index in [0.29, 0.717) is 18.2 Å². The SMILES string of the molecule is O=C1C2CC=C3C(CC4(Cl)C(=O)N(c5c(F)c(F)c(F)c(F)c5F)C(=O)C4(Cl)C3c3cc(OC(F)(F)F)ccc3O)C2C(=O)N1c1ccc(Cl)cc1. The molecule has 3 fully saturated rings. The van der Waals surface area contributed by atoms with Gasteiger partial charge in [-0.1, -0.05) is 23.3 Å². The van der Waals surface area contributed by atoms with E-state index in [1.165, 1.54) is 30.3 Å². The molecule has 0 bridgehead atoms. The van der Waals surface area contributed by atoms with Gasteiger partial charge in [-0.25, -0.2) is 26.9 Å². The Morgan fingerprint density at radius 1 is 0.788 bits per heavy atom. The lowest BCUT2D eigenvalue weighted by atomic mass is 9.56. The highest BCUT2D eigenvalue weighted by atomic mass is 35.5. The Balaban J connectivity index is 1.45. The Hall–Kier alpha value is -4.41. The third-order valence-corrected chi connectivity index (χ3v) is 11.5. The number of alkyl halides is 5. The number of carbonyl (C=O) groups excluding carboxylic acids is 4. The van der Waals surface area contributed by atoms with E-state index in [2.05, 4.69) is 4.74 Å². The van der Waals surface area contributed by atoms with Crippen molar-refractivity contribution in [2.45, 2.75) is 34.9 Å². The molecule has 3 aromatic carbocycles. The zero-order chi connectivity index (χ0) is 38.0. The second-order valence-corrected chi connectivity index (χ2v) is 14.1. The van der Waals surface area contributed by atoms with E-state index in [9.17, 15) is 50.6 Å². The topological polar surface area (TPSA) is 104 Å². The summed E-state index contributed by atoms with van der Waals surface area (Å²) in [6.07, 6.45) is -5.11. The van der Waals surface area contributed by atoms with Crippen LogP contribution in [-0.4, -0.2) is 44.8 Å². The Morgan fingerprint density at radius 3 is 1.98 bits per heavy atom. The highest BCUT2D eigenvalue weighted by Crippen LogP contribution is 2.67. The minimum Gasteiger partial charge on any atom is -0.508 e. The summed E-state index contributed by atoms with van der Waals surface area (Å²) in [5.74, 6) is -26.0. The van der Waals surface area contributed by atoms with Gasteiger partial charge in [-0.3, -0.25) is 24.1 Å². The van der Waals surface area contributed by atoms with Crippen molar-refractivity contribution in [1.82, 2.24) is 0 Å². The molecule has 2 heterocycles. The molecule has 0 spiro atoms. The number of allylic oxidation sites excluding steroid dienone is 2. The number of phenolic OH excluding ortho intramolecular Hbond substituents is 1. The van der Waals surface area contributed by atoms with Crippen molar-refractivity contribution < 1.29 is 64.1 Å². The maximum Gasteiger partial charge on any atom is 0.573 e. The summed E-state index contributed by atoms with van der Waals surface area (Å²) in [7, 11) is 0. The van der Waals surface area contributed by atoms with E-state index < -0.39 is 127 Å². The summed E-state index contributed by atoms with van der Waals surface area (Å²) < 4.78 is 117. The van der Waals surface area contributed by atoms with Crippen LogP contribution in [0.4, 0.5) is 46.5 Å². The smallest absolute Gasteiger partial charge is 0.508 e. The van der Waals surface area contributed by atoms with Crippen LogP contribution in [-0.2, 0) is 19.2 Å². The number of anilines is 2. The van der Waals surface area contributed by atoms with Gasteiger partial charge in [0.1, 0.15) is 17.2 Å². The quantitative estimate of drug-likeness (QED) is 0.0738. The summed E-state index contributed by atoms with van der Waals surface area (Å²) in [6, 6.07) is 7.49. The molecule has 6 atom stereocenters. The largest absolute Gasteiger partial charge is 0.573 e. The number of hydrogen-bond acceptors (Lipinski definition) is 6. The Kier molecular flexibility index (Phi) is 8.16. The third-order valence-electron chi connectivity index (χ3n) is 9.85. The molecule has 272 valence electrons. The first-order chi connectivity index (χ1) is 24.2. The molecule has 1 saturated carbocycles. The first kappa shape index (κ1) is 36.0. The molecule has 7 rings (SSSR count). The number of halogens is 11. The fourth-order valence-corrected chi connectivity index (χ4v) is 8.77. The highest BCUT2D eigenvalue weighted by Gasteiger charge is 2.77. The predicted octanol–water partition coefficient (Wildman–Crippen LogP) is 7.41. The molecule has 52 heavy (non-hydrogen) atoms. The summed E-state index contributed by atoms with van der Waals surface area (Å²) in [4.78, 5) is 50.7. The van der Waals surface area contributed by atoms with Gasteiger partial charge in [0.05, 0.1) is 17.5 Å². The lowest BCUT2D eigenvalue weighted by Crippen LogP contribution is -2.60. The Morgan fingerprint density at radius 2 is 1.38 bits per heavy atom. The van der Waals surface area contributed by atoms with E-state index >= 15 is 8.78 Å². The van der Waals surface area contributed by atoms with Crippen molar-refractivity contribution in [2.24, 2.45) is 17.8 Å². The number of hydrogen-bond donors (Lipinski definition) is 1. The van der Waals surface area contributed by atoms with Crippen molar-refractivity contribution in [2.75, 3.05) is 9.80 Å². The molecule has 1 N–H and O–H groups in total. The van der Waals surface area contributed by atoms with Crippen molar-refractivity contribution >= 4 is 69.8 Å². The van der Waals surface area contributed by atoms with Gasteiger partial charge in [0.25, 0.3) is 11.8 Å². The average Bonchev–Trinajstić information content (AvgIpc) is 3.42. The predicted molar refractivity (Wildman–Crippen MR) is 165 cm³/mol. The molecule has 0 aromatic heterocycles. The second kappa shape index (κ2) is 11.8. The first-order valence-electron chi connectivity index (χ1n) is 14.9. The van der Waals surface area contributed by atoms with E-state index in [-0.39, 0.29) is 22.7 Å². The molecule has 19 heteroatoms. The number of ether oxygens (including phenoxy) is 1. The lowest BCUT2D eigenvalue weighted by Gasteiger charge is -2.50. The van der Waals surface area contributed by atoms with Crippen molar-refractivity contribution in [3.63, 3.8) is 0 Å². The molecule has 2 saturated heterocycles. The fourth-order valence-electron chi connectivity index (χ4n) is 7.72. The fraction of sp³-hybridized carbons (Fsp3) is 0.273. The first-order valence-corrected chi connectivity index (χ1v) is 16.1. The summed E-state index contributed by atoms with van der Waals surface area (Å²) in [5, 5.41) is 11.3. The van der Waals surface area contributed by atoms with Crippen molar-refractivity contribution in [3.8, 4) is 11.5 Å². The zero-order valence-corrected chi connectivity index (χ0v) is 27.7. The molecule has 2 aliphatic carbocycles. The van der Waals surface area contributed by atoms with Crippen LogP contribution in [0.15, 0.2) is 54.1 Å². The summed E-state index contributed by atoms with van der Waals surface area (Å²) in [6.45, 7) is 0. The van der Waals surface area contributed by atoms with Crippen molar-refractivity contribution in [3.05, 3.63) is 93.8 Å². The molecular formula is C33H17Cl3F8N2O6. The summed E-state index contributed by atoms with van der Waals surface area (Å²) in [5.41, 5.74) is -2.72. The number of phenols is 1. The van der Waals surface area contributed by atoms with Crippen LogP contribution in [0.3, 0.4) is 0 Å². The molecule has 4 aliphatic rings. The number of fused-ring (bicyclic) bond motifs is 4. The van der Waals surface area contributed by atoms with Gasteiger partial charge in [0.2, 0.25) is 17.6 Å². The third kappa shape index (κ3) is 4.86. The molecule has 6 unspecified atom stereocenters. The molecule has 0 radical (unpaired) electrons. The maximum absolute atomic E-state index is 15.2. The molecule has 4 amide bonds. The number of rotatable bonds is 4. The monoisotopic (exact) mass is 794 g/mol. The maximum atomic E-state index is 15.2. The van der Waals surface area contributed by atoms with Crippen LogP contribution in [0.1, 0.15) is 24.3 Å². The average molecular weight is 796 g/mol. The van der Waals surface area contributed by atoms with E-state index in [0.717, 1.165) is 4.90 Å². The minimum absolute atomic E-state index is 0.0919. The van der Waals surface area contributed by atoms with Crippen LogP contribution in [0.5, 0.6) is 11.5 Å². The number of benzene rings is 3. The van der Waals surface area contributed by atoms with Crippen LogP contribution in [0.25, 0.3) is 0 Å². The number of imide groups is 2. The van der Waals surface area contributed by atoms with Crippen LogP contribution in [0, 0.1) is 46.8 Å². The van der Waals surface area contributed by atoms with Gasteiger partial charge in [0, 0.05) is 16.5 Å². The van der Waals surface area contributed by atoms with Crippen LogP contribution in [0.2, 0.25) is 5.02 Å². The van der Waals surface area contributed by atoms with Crippen LogP contribution >= 0.6 is 34.8 Å². The van der Waals surface area contributed by atoms with Crippen molar-refractivity contribution in [1.29, 1.82) is 0 Å². The summed E-state index contributed by atoms with van der Waals surface area (Å²) >= 11 is 19.9. The van der Waals surface area contributed by atoms with E-state index in [1.54, 1.807) is 0 Å². The Bertz CT molecular complexity index is 2140. The zero-order valence-electron chi connectivity index (χ0n) is 25.4. The number of amides is 4. The highest BCUT2D eigenvalue weighted by molar-refractivity contribution is 6.58. The van der Waals surface area contributed by atoms with E-state index in [4.69, 9.17) is 34.8 Å². The molecule has 2 aliphatic heterocycles. The Labute approximate surface area is 301 Å². The minimum atomic E-state index is -5.29.